The Bertz CT molecular complexity index is 408. The second-order valence-electron chi connectivity index (χ2n) is 6.75. The molecule has 1 aliphatic rings. The molecule has 0 heterocycles. The Morgan fingerprint density at radius 2 is 2.16 bits per heavy atom. The summed E-state index contributed by atoms with van der Waals surface area (Å²) >= 11 is 0. The van der Waals surface area contributed by atoms with Crippen molar-refractivity contribution in [1.82, 2.24) is 5.32 Å². The zero-order valence-electron chi connectivity index (χ0n) is 13.0. The zero-order chi connectivity index (χ0) is 13.9. The smallest absolute Gasteiger partial charge is 0.0351 e. The third-order valence-electron chi connectivity index (χ3n) is 4.90. The third-order valence-corrected chi connectivity index (χ3v) is 4.90. The summed E-state index contributed by atoms with van der Waals surface area (Å²) in [5.74, 6) is 0.759. The molecule has 1 fully saturated rings. The minimum Gasteiger partial charge on any atom is -0.313 e. The molecule has 0 amide bonds. The summed E-state index contributed by atoms with van der Waals surface area (Å²) in [5, 5.41) is 3.59. The largest absolute Gasteiger partial charge is 0.313 e. The van der Waals surface area contributed by atoms with E-state index in [1.54, 1.807) is 0 Å². The van der Waals surface area contributed by atoms with Crippen molar-refractivity contribution in [3.63, 3.8) is 0 Å². The molecule has 1 N–H and O–H groups in total. The van der Waals surface area contributed by atoms with Gasteiger partial charge in [0.2, 0.25) is 0 Å². The van der Waals surface area contributed by atoms with Gasteiger partial charge in [-0.25, -0.2) is 0 Å². The molecule has 1 aromatic carbocycles. The Hall–Kier alpha value is -0.820. The number of aryl methyl sites for hydroxylation is 1. The van der Waals surface area contributed by atoms with Gasteiger partial charge in [0.05, 0.1) is 0 Å². The van der Waals surface area contributed by atoms with Crippen molar-refractivity contribution in [2.24, 2.45) is 11.3 Å². The fourth-order valence-corrected chi connectivity index (χ4v) is 3.80. The van der Waals surface area contributed by atoms with Crippen LogP contribution in [0.5, 0.6) is 0 Å². The molecule has 2 atom stereocenters. The fourth-order valence-electron chi connectivity index (χ4n) is 3.80. The highest BCUT2D eigenvalue weighted by molar-refractivity contribution is 5.27. The average molecular weight is 259 g/mol. The van der Waals surface area contributed by atoms with Crippen LogP contribution in [0.15, 0.2) is 24.3 Å². The van der Waals surface area contributed by atoms with Crippen molar-refractivity contribution in [2.45, 2.75) is 58.9 Å². The Kier molecular flexibility index (Phi) is 4.67. The lowest BCUT2D eigenvalue weighted by atomic mass is 9.75. The Morgan fingerprint density at radius 3 is 2.74 bits per heavy atom. The van der Waals surface area contributed by atoms with Gasteiger partial charge >= 0.3 is 0 Å². The highest BCUT2D eigenvalue weighted by Gasteiger charge is 2.39. The van der Waals surface area contributed by atoms with Crippen LogP contribution in [0, 0.1) is 11.3 Å². The molecule has 1 saturated carbocycles. The summed E-state index contributed by atoms with van der Waals surface area (Å²) in [4.78, 5) is 0. The summed E-state index contributed by atoms with van der Waals surface area (Å²) in [6.07, 6.45) is 6.52. The highest BCUT2D eigenvalue weighted by Crippen LogP contribution is 2.48. The van der Waals surface area contributed by atoms with Crippen LogP contribution in [0.2, 0.25) is 0 Å². The van der Waals surface area contributed by atoms with Crippen LogP contribution in [0.3, 0.4) is 0 Å². The van der Waals surface area contributed by atoms with Crippen LogP contribution in [-0.4, -0.2) is 7.05 Å². The maximum Gasteiger partial charge on any atom is 0.0351 e. The van der Waals surface area contributed by atoms with E-state index < -0.39 is 0 Å². The highest BCUT2D eigenvalue weighted by atomic mass is 14.9. The monoisotopic (exact) mass is 259 g/mol. The molecule has 1 heteroatoms. The van der Waals surface area contributed by atoms with Crippen molar-refractivity contribution in [3.8, 4) is 0 Å². The van der Waals surface area contributed by atoms with Gasteiger partial charge in [-0.1, -0.05) is 57.9 Å². The molecule has 1 aliphatic carbocycles. The lowest BCUT2D eigenvalue weighted by Gasteiger charge is -2.34. The zero-order valence-corrected chi connectivity index (χ0v) is 13.0. The van der Waals surface area contributed by atoms with Gasteiger partial charge in [-0.05, 0) is 48.8 Å². The van der Waals surface area contributed by atoms with Crippen LogP contribution in [0.4, 0.5) is 0 Å². The van der Waals surface area contributed by atoms with Crippen molar-refractivity contribution in [1.29, 1.82) is 0 Å². The number of nitrogens with one attached hydrogen (secondary N) is 1. The van der Waals surface area contributed by atoms with Gasteiger partial charge in [0.1, 0.15) is 0 Å². The van der Waals surface area contributed by atoms with Gasteiger partial charge in [0, 0.05) is 6.04 Å². The number of hydrogen-bond donors (Lipinski definition) is 1. The molecule has 0 radical (unpaired) electrons. The van der Waals surface area contributed by atoms with Crippen LogP contribution < -0.4 is 5.32 Å². The van der Waals surface area contributed by atoms with Gasteiger partial charge in [-0.3, -0.25) is 0 Å². The minimum atomic E-state index is 0.467. The van der Waals surface area contributed by atoms with Crippen molar-refractivity contribution < 1.29 is 0 Å². The van der Waals surface area contributed by atoms with Gasteiger partial charge < -0.3 is 5.32 Å². The van der Waals surface area contributed by atoms with Crippen LogP contribution in [0.25, 0.3) is 0 Å². The normalized spacial score (nSPS) is 23.5. The van der Waals surface area contributed by atoms with Crippen LogP contribution in [-0.2, 0) is 6.42 Å². The van der Waals surface area contributed by atoms with E-state index in [-0.39, 0.29) is 0 Å². The molecule has 1 aromatic rings. The molecular weight excluding hydrogens is 230 g/mol. The first-order valence-corrected chi connectivity index (χ1v) is 7.84. The van der Waals surface area contributed by atoms with Gasteiger partial charge in [-0.15, -0.1) is 0 Å². The van der Waals surface area contributed by atoms with E-state index in [0.717, 1.165) is 5.92 Å². The number of rotatable bonds is 5. The van der Waals surface area contributed by atoms with E-state index in [2.05, 4.69) is 57.4 Å². The van der Waals surface area contributed by atoms with Crippen molar-refractivity contribution in [3.05, 3.63) is 35.4 Å². The van der Waals surface area contributed by atoms with E-state index in [9.17, 15) is 0 Å². The topological polar surface area (TPSA) is 12.0 Å². The first-order chi connectivity index (χ1) is 9.08. The molecule has 19 heavy (non-hydrogen) atoms. The lowest BCUT2D eigenvalue weighted by Crippen LogP contribution is -2.32. The quantitative estimate of drug-likeness (QED) is 0.806. The molecule has 2 unspecified atom stereocenters. The summed E-state index contributed by atoms with van der Waals surface area (Å²) in [5.41, 5.74) is 3.43. The maximum absolute atomic E-state index is 3.59. The summed E-state index contributed by atoms with van der Waals surface area (Å²) in [6, 6.07) is 9.72. The standard InChI is InChI=1S/C18H29N/c1-5-8-14-9-6-10-15(13-14)17(19-4)16-11-7-12-18(16,2)3/h6,9-10,13,16-17,19H,5,7-8,11-12H2,1-4H3. The molecule has 0 saturated heterocycles. The lowest BCUT2D eigenvalue weighted by molar-refractivity contribution is 0.203. The van der Waals surface area contributed by atoms with Crippen LogP contribution in [0.1, 0.15) is 63.6 Å². The minimum absolute atomic E-state index is 0.467. The SMILES string of the molecule is CCCc1cccc(C(NC)C2CCCC2(C)C)c1. The number of benzene rings is 1. The second kappa shape index (κ2) is 6.09. The molecule has 106 valence electrons. The first-order valence-electron chi connectivity index (χ1n) is 7.84. The predicted molar refractivity (Wildman–Crippen MR) is 83.4 cm³/mol. The molecule has 2 rings (SSSR count). The number of hydrogen-bond acceptors (Lipinski definition) is 1. The maximum atomic E-state index is 3.59. The molecule has 1 nitrogen and oxygen atoms in total. The summed E-state index contributed by atoms with van der Waals surface area (Å²) in [6.45, 7) is 7.12. The molecule has 0 aromatic heterocycles. The van der Waals surface area contributed by atoms with Crippen LogP contribution >= 0.6 is 0 Å². The van der Waals surface area contributed by atoms with Crippen molar-refractivity contribution >= 4 is 0 Å². The first kappa shape index (κ1) is 14.6. The summed E-state index contributed by atoms with van der Waals surface area (Å²) in [7, 11) is 2.12. The molecule has 0 aliphatic heterocycles. The van der Waals surface area contributed by atoms with Gasteiger partial charge in [-0.2, -0.15) is 0 Å². The van der Waals surface area contributed by atoms with E-state index in [1.165, 1.54) is 43.2 Å². The van der Waals surface area contributed by atoms with E-state index in [0.29, 0.717) is 11.5 Å². The molecule has 0 bridgehead atoms. The Morgan fingerprint density at radius 1 is 1.37 bits per heavy atom. The third kappa shape index (κ3) is 3.20. The van der Waals surface area contributed by atoms with E-state index in [1.807, 2.05) is 0 Å². The second-order valence-corrected chi connectivity index (χ2v) is 6.75. The molecule has 0 spiro atoms. The van der Waals surface area contributed by atoms with E-state index >= 15 is 0 Å². The van der Waals surface area contributed by atoms with Gasteiger partial charge in [0.15, 0.2) is 0 Å². The predicted octanol–water partition coefficient (Wildman–Crippen LogP) is 4.73. The Balaban J connectivity index is 2.24. The fraction of sp³-hybridized carbons (Fsp3) is 0.667. The molecular formula is C18H29N. The summed E-state index contributed by atoms with van der Waals surface area (Å²) < 4.78 is 0. The average Bonchev–Trinajstić information content (AvgIpc) is 2.72. The van der Waals surface area contributed by atoms with Gasteiger partial charge in [0.25, 0.3) is 0 Å². The van der Waals surface area contributed by atoms with E-state index in [4.69, 9.17) is 0 Å². The Labute approximate surface area is 118 Å². The van der Waals surface area contributed by atoms with Crippen molar-refractivity contribution in [2.75, 3.05) is 7.05 Å².